The monoisotopic (exact) mass is 262 g/mol. The van der Waals surface area contributed by atoms with Crippen LogP contribution in [0.1, 0.15) is 24.6 Å². The molecular weight excluding hydrogens is 244 g/mol. The minimum absolute atomic E-state index is 0. The number of amides is 1. The van der Waals surface area contributed by atoms with E-state index in [1.54, 1.807) is 11.3 Å². The quantitative estimate of drug-likeness (QED) is 0.823. The molecule has 1 amide bonds. The van der Waals surface area contributed by atoms with E-state index in [0.29, 0.717) is 13.0 Å². The van der Waals surface area contributed by atoms with Gasteiger partial charge in [-0.2, -0.15) is 0 Å². The predicted octanol–water partition coefficient (Wildman–Crippen LogP) is 1.96. The van der Waals surface area contributed by atoms with Gasteiger partial charge in [-0.25, -0.2) is 0 Å². The van der Waals surface area contributed by atoms with Crippen LogP contribution in [0.4, 0.5) is 0 Å². The molecule has 0 aliphatic rings. The summed E-state index contributed by atoms with van der Waals surface area (Å²) in [4.78, 5) is 12.7. The highest BCUT2D eigenvalue weighted by Crippen LogP contribution is 2.10. The van der Waals surface area contributed by atoms with E-state index in [1.165, 1.54) is 4.88 Å². The first kappa shape index (κ1) is 15.4. The fraction of sp³-hybridized carbons (Fsp3) is 0.545. The van der Waals surface area contributed by atoms with Crippen molar-refractivity contribution in [3.63, 3.8) is 0 Å². The zero-order chi connectivity index (χ0) is 11.1. The van der Waals surface area contributed by atoms with Gasteiger partial charge in [-0.3, -0.25) is 4.79 Å². The second-order valence-electron chi connectivity index (χ2n) is 3.64. The number of carbonyl (C=O) groups excluding carboxylic acids is 1. The Kier molecular flexibility index (Phi) is 8.25. The van der Waals surface area contributed by atoms with Crippen molar-refractivity contribution in [2.45, 2.75) is 32.2 Å². The lowest BCUT2D eigenvalue weighted by molar-refractivity contribution is -0.121. The Morgan fingerprint density at radius 1 is 1.62 bits per heavy atom. The van der Waals surface area contributed by atoms with E-state index in [1.807, 2.05) is 13.0 Å². The molecule has 0 spiro atoms. The largest absolute Gasteiger partial charge is 0.353 e. The SMILES string of the molecule is CC(Cc1cccs1)NC(=O)CCCN.Cl. The molecule has 3 nitrogen and oxygen atoms in total. The van der Waals surface area contributed by atoms with Gasteiger partial charge >= 0.3 is 0 Å². The van der Waals surface area contributed by atoms with E-state index in [-0.39, 0.29) is 24.4 Å². The normalized spacial score (nSPS) is 11.6. The molecule has 0 saturated carbocycles. The molecule has 1 unspecified atom stereocenters. The summed E-state index contributed by atoms with van der Waals surface area (Å²) < 4.78 is 0. The van der Waals surface area contributed by atoms with Crippen LogP contribution in [0.2, 0.25) is 0 Å². The minimum atomic E-state index is 0. The van der Waals surface area contributed by atoms with E-state index in [9.17, 15) is 4.79 Å². The van der Waals surface area contributed by atoms with E-state index in [0.717, 1.165) is 12.8 Å². The van der Waals surface area contributed by atoms with Crippen molar-refractivity contribution in [1.29, 1.82) is 0 Å². The minimum Gasteiger partial charge on any atom is -0.353 e. The van der Waals surface area contributed by atoms with Crippen LogP contribution in [-0.4, -0.2) is 18.5 Å². The van der Waals surface area contributed by atoms with Crippen molar-refractivity contribution in [3.8, 4) is 0 Å². The fourth-order valence-corrected chi connectivity index (χ4v) is 2.23. The third-order valence-electron chi connectivity index (χ3n) is 2.10. The zero-order valence-electron chi connectivity index (χ0n) is 9.44. The van der Waals surface area contributed by atoms with Gasteiger partial charge in [-0.1, -0.05) is 6.07 Å². The van der Waals surface area contributed by atoms with Crippen LogP contribution in [0, 0.1) is 0 Å². The molecule has 0 aliphatic carbocycles. The highest BCUT2D eigenvalue weighted by molar-refractivity contribution is 7.09. The number of halogens is 1. The Hall–Kier alpha value is -0.580. The molecule has 92 valence electrons. The third-order valence-corrected chi connectivity index (χ3v) is 3.00. The lowest BCUT2D eigenvalue weighted by Crippen LogP contribution is -2.33. The summed E-state index contributed by atoms with van der Waals surface area (Å²) >= 11 is 1.72. The number of carbonyl (C=O) groups is 1. The van der Waals surface area contributed by atoms with Crippen LogP contribution in [0.3, 0.4) is 0 Å². The summed E-state index contributed by atoms with van der Waals surface area (Å²) in [5.74, 6) is 0.101. The number of thiophene rings is 1. The summed E-state index contributed by atoms with van der Waals surface area (Å²) in [6, 6.07) is 4.32. The Balaban J connectivity index is 0.00000225. The first-order chi connectivity index (χ1) is 7.22. The average Bonchev–Trinajstić information content (AvgIpc) is 2.67. The van der Waals surface area contributed by atoms with Gasteiger partial charge in [0.05, 0.1) is 0 Å². The molecule has 0 radical (unpaired) electrons. The molecule has 1 rings (SSSR count). The Bertz CT molecular complexity index is 290. The van der Waals surface area contributed by atoms with Crippen LogP contribution in [0.25, 0.3) is 0 Å². The molecule has 0 saturated heterocycles. The summed E-state index contributed by atoms with van der Waals surface area (Å²) in [7, 11) is 0. The summed E-state index contributed by atoms with van der Waals surface area (Å²) in [6.07, 6.45) is 2.20. The van der Waals surface area contributed by atoms with Gasteiger partial charge in [0, 0.05) is 23.8 Å². The number of nitrogens with two attached hydrogens (primary N) is 1. The van der Waals surface area contributed by atoms with E-state index < -0.39 is 0 Å². The van der Waals surface area contributed by atoms with Crippen LogP contribution in [0.5, 0.6) is 0 Å². The molecular formula is C11H19ClN2OS. The van der Waals surface area contributed by atoms with Crippen LogP contribution in [0.15, 0.2) is 17.5 Å². The van der Waals surface area contributed by atoms with E-state index >= 15 is 0 Å². The summed E-state index contributed by atoms with van der Waals surface area (Å²) in [5, 5.41) is 5.02. The van der Waals surface area contributed by atoms with Gasteiger partial charge in [0.15, 0.2) is 0 Å². The molecule has 5 heteroatoms. The van der Waals surface area contributed by atoms with Crippen molar-refractivity contribution in [1.82, 2.24) is 5.32 Å². The summed E-state index contributed by atoms with van der Waals surface area (Å²) in [6.45, 7) is 2.60. The van der Waals surface area contributed by atoms with Gasteiger partial charge in [-0.05, 0) is 31.3 Å². The molecule has 1 aromatic heterocycles. The summed E-state index contributed by atoms with van der Waals surface area (Å²) in [5.41, 5.74) is 5.34. The van der Waals surface area contributed by atoms with Crippen LogP contribution >= 0.6 is 23.7 Å². The predicted molar refractivity (Wildman–Crippen MR) is 71.2 cm³/mol. The van der Waals surface area contributed by atoms with Crippen molar-refractivity contribution in [2.24, 2.45) is 5.73 Å². The molecule has 1 atom stereocenters. The van der Waals surface area contributed by atoms with Crippen molar-refractivity contribution < 1.29 is 4.79 Å². The van der Waals surface area contributed by atoms with Gasteiger partial charge in [0.25, 0.3) is 0 Å². The maximum absolute atomic E-state index is 11.4. The molecule has 16 heavy (non-hydrogen) atoms. The van der Waals surface area contributed by atoms with Gasteiger partial charge in [0.2, 0.25) is 5.91 Å². The maximum atomic E-state index is 11.4. The smallest absolute Gasteiger partial charge is 0.220 e. The third kappa shape index (κ3) is 6.10. The number of hydrogen-bond acceptors (Lipinski definition) is 3. The van der Waals surface area contributed by atoms with Gasteiger partial charge < -0.3 is 11.1 Å². The number of hydrogen-bond donors (Lipinski definition) is 2. The topological polar surface area (TPSA) is 55.1 Å². The first-order valence-electron chi connectivity index (χ1n) is 5.24. The molecule has 0 fully saturated rings. The zero-order valence-corrected chi connectivity index (χ0v) is 11.1. The highest BCUT2D eigenvalue weighted by Gasteiger charge is 2.07. The molecule has 0 bridgehead atoms. The standard InChI is InChI=1S/C11H18N2OS.ClH/c1-9(8-10-4-3-7-15-10)13-11(14)5-2-6-12;/h3-4,7,9H,2,5-6,8,12H2,1H3,(H,13,14);1H. The lowest BCUT2D eigenvalue weighted by atomic mass is 10.2. The van der Waals surface area contributed by atoms with Crippen LogP contribution < -0.4 is 11.1 Å². The molecule has 0 aliphatic heterocycles. The number of nitrogens with one attached hydrogen (secondary N) is 1. The van der Waals surface area contributed by atoms with Crippen molar-refractivity contribution >= 4 is 29.7 Å². The maximum Gasteiger partial charge on any atom is 0.220 e. The molecule has 0 aromatic carbocycles. The van der Waals surface area contributed by atoms with Gasteiger partial charge in [0.1, 0.15) is 0 Å². The Morgan fingerprint density at radius 2 is 2.38 bits per heavy atom. The Labute approximate surface area is 107 Å². The molecule has 1 heterocycles. The van der Waals surface area contributed by atoms with E-state index in [4.69, 9.17) is 5.73 Å². The first-order valence-corrected chi connectivity index (χ1v) is 6.12. The molecule has 3 N–H and O–H groups in total. The second kappa shape index (κ2) is 8.56. The lowest BCUT2D eigenvalue weighted by Gasteiger charge is -2.12. The molecule has 1 aromatic rings. The fourth-order valence-electron chi connectivity index (χ4n) is 1.39. The van der Waals surface area contributed by atoms with Crippen molar-refractivity contribution in [3.05, 3.63) is 22.4 Å². The second-order valence-corrected chi connectivity index (χ2v) is 4.68. The van der Waals surface area contributed by atoms with Gasteiger partial charge in [-0.15, -0.1) is 23.7 Å². The van der Waals surface area contributed by atoms with Crippen LogP contribution in [-0.2, 0) is 11.2 Å². The highest BCUT2D eigenvalue weighted by atomic mass is 35.5. The number of rotatable bonds is 6. The van der Waals surface area contributed by atoms with Crippen molar-refractivity contribution in [2.75, 3.05) is 6.54 Å². The average molecular weight is 263 g/mol. The Morgan fingerprint density at radius 3 is 2.94 bits per heavy atom. The van der Waals surface area contributed by atoms with E-state index in [2.05, 4.69) is 16.8 Å².